The van der Waals surface area contributed by atoms with E-state index in [1.165, 1.54) is 6.92 Å². The number of carboxylic acid groups (broad SMARTS) is 1. The van der Waals surface area contributed by atoms with E-state index in [0.29, 0.717) is 11.1 Å². The number of hydrogen-bond acceptors (Lipinski definition) is 4. The summed E-state index contributed by atoms with van der Waals surface area (Å²) < 4.78 is 0. The summed E-state index contributed by atoms with van der Waals surface area (Å²) in [6, 6.07) is 16.3. The Labute approximate surface area is 146 Å². The molecule has 0 aliphatic heterocycles. The molecule has 5 heteroatoms. The van der Waals surface area contributed by atoms with Crippen LogP contribution in [0.1, 0.15) is 18.1 Å². The average molecular weight is 339 g/mol. The first kappa shape index (κ1) is 18.5. The van der Waals surface area contributed by atoms with E-state index in [2.05, 4.69) is 0 Å². The molecule has 0 radical (unpaired) electrons. The third-order valence-electron chi connectivity index (χ3n) is 4.32. The maximum absolute atomic E-state index is 12.9. The molecule has 0 fully saturated rings. The van der Waals surface area contributed by atoms with Crippen molar-refractivity contribution in [2.75, 3.05) is 0 Å². The molecule has 0 amide bonds. The lowest BCUT2D eigenvalue weighted by Gasteiger charge is -2.30. The molecule has 2 aromatic rings. The van der Waals surface area contributed by atoms with Gasteiger partial charge >= 0.3 is 5.97 Å². The van der Waals surface area contributed by atoms with Gasteiger partial charge in [0, 0.05) is 18.9 Å². The number of aliphatic carboxylic acids is 1. The predicted molar refractivity (Wildman–Crippen MR) is 94.0 cm³/mol. The largest absolute Gasteiger partial charge is 0.480 e. The maximum atomic E-state index is 12.9. The molecular weight excluding hydrogens is 318 g/mol. The average Bonchev–Trinajstić information content (AvgIpc) is 2.56. The molecule has 0 heterocycles. The molecule has 0 aliphatic rings. The summed E-state index contributed by atoms with van der Waals surface area (Å²) in [7, 11) is 0. The Bertz CT molecular complexity index is 700. The van der Waals surface area contributed by atoms with Gasteiger partial charge in [0.1, 0.15) is 0 Å². The van der Waals surface area contributed by atoms with Crippen molar-refractivity contribution < 1.29 is 19.5 Å². The molecule has 1 unspecified atom stereocenters. The predicted octanol–water partition coefficient (Wildman–Crippen LogP) is 2.03. The summed E-state index contributed by atoms with van der Waals surface area (Å²) in [6.45, 7) is 1.39. The van der Waals surface area contributed by atoms with Crippen molar-refractivity contribution in [2.24, 2.45) is 11.1 Å². The molecule has 130 valence electrons. The van der Waals surface area contributed by atoms with Gasteiger partial charge in [0.05, 0.1) is 0 Å². The van der Waals surface area contributed by atoms with Gasteiger partial charge in [-0.05, 0) is 18.1 Å². The van der Waals surface area contributed by atoms with Crippen molar-refractivity contribution >= 4 is 17.5 Å². The topological polar surface area (TPSA) is 97.5 Å². The van der Waals surface area contributed by atoms with E-state index in [9.17, 15) is 19.5 Å². The van der Waals surface area contributed by atoms with E-state index in [1.807, 2.05) is 0 Å². The first-order valence-electron chi connectivity index (χ1n) is 8.02. The van der Waals surface area contributed by atoms with Crippen LogP contribution in [-0.2, 0) is 27.2 Å². The Morgan fingerprint density at radius 2 is 1.24 bits per heavy atom. The van der Waals surface area contributed by atoms with Crippen LogP contribution in [-0.4, -0.2) is 28.7 Å². The molecule has 0 spiro atoms. The third kappa shape index (κ3) is 3.83. The fraction of sp³-hybridized carbons (Fsp3) is 0.250. The van der Waals surface area contributed by atoms with Crippen molar-refractivity contribution in [1.29, 1.82) is 0 Å². The molecule has 0 aliphatic carbocycles. The normalized spacial score (nSPS) is 12.4. The van der Waals surface area contributed by atoms with Gasteiger partial charge in [-0.15, -0.1) is 0 Å². The molecule has 0 saturated heterocycles. The number of carboxylic acids is 1. The number of benzene rings is 2. The molecule has 0 bridgehead atoms. The maximum Gasteiger partial charge on any atom is 0.326 e. The number of Topliss-reactive ketones (excluding diaryl/α,β-unsaturated/α-hetero) is 2. The molecule has 0 saturated carbocycles. The minimum Gasteiger partial charge on any atom is -0.480 e. The summed E-state index contributed by atoms with van der Waals surface area (Å²) in [4.78, 5) is 37.7. The summed E-state index contributed by atoms with van der Waals surface area (Å²) in [5, 5.41) is 9.77. The van der Waals surface area contributed by atoms with Crippen molar-refractivity contribution in [2.45, 2.75) is 25.8 Å². The van der Waals surface area contributed by atoms with Crippen molar-refractivity contribution in [3.63, 3.8) is 0 Å². The van der Waals surface area contributed by atoms with Crippen LogP contribution in [0.4, 0.5) is 0 Å². The molecule has 2 rings (SSSR count). The van der Waals surface area contributed by atoms with Crippen molar-refractivity contribution in [1.82, 2.24) is 0 Å². The van der Waals surface area contributed by atoms with Gasteiger partial charge in [0.25, 0.3) is 0 Å². The molecule has 2 aromatic carbocycles. The molecule has 5 nitrogen and oxygen atoms in total. The SMILES string of the molecule is CC(N)C(C(=O)O)(C(=O)Cc1ccccc1)C(=O)Cc1ccccc1. The first-order valence-corrected chi connectivity index (χ1v) is 8.02. The van der Waals surface area contributed by atoms with Crippen LogP contribution < -0.4 is 5.73 Å². The smallest absolute Gasteiger partial charge is 0.326 e. The van der Waals surface area contributed by atoms with E-state index >= 15 is 0 Å². The van der Waals surface area contributed by atoms with Crippen LogP contribution >= 0.6 is 0 Å². The zero-order valence-corrected chi connectivity index (χ0v) is 14.0. The Hall–Kier alpha value is -2.79. The lowest BCUT2D eigenvalue weighted by atomic mass is 9.70. The van der Waals surface area contributed by atoms with Crippen molar-refractivity contribution in [3.8, 4) is 0 Å². The van der Waals surface area contributed by atoms with E-state index in [1.54, 1.807) is 60.7 Å². The second-order valence-corrected chi connectivity index (χ2v) is 6.07. The number of carbonyl (C=O) groups is 3. The van der Waals surface area contributed by atoms with Gasteiger partial charge in [0.15, 0.2) is 17.0 Å². The van der Waals surface area contributed by atoms with Gasteiger partial charge in [-0.1, -0.05) is 60.7 Å². The molecule has 3 N–H and O–H groups in total. The van der Waals surface area contributed by atoms with E-state index in [0.717, 1.165) is 0 Å². The summed E-state index contributed by atoms with van der Waals surface area (Å²) >= 11 is 0. The van der Waals surface area contributed by atoms with Crippen LogP contribution in [0.25, 0.3) is 0 Å². The Morgan fingerprint density at radius 1 is 0.880 bits per heavy atom. The molecule has 25 heavy (non-hydrogen) atoms. The number of nitrogens with two attached hydrogens (primary N) is 1. The Morgan fingerprint density at radius 3 is 1.52 bits per heavy atom. The summed E-state index contributed by atoms with van der Waals surface area (Å²) in [5.41, 5.74) is 4.89. The zero-order chi connectivity index (χ0) is 18.4. The van der Waals surface area contributed by atoms with E-state index < -0.39 is 29.0 Å². The van der Waals surface area contributed by atoms with Crippen LogP contribution in [0.3, 0.4) is 0 Å². The lowest BCUT2D eigenvalue weighted by molar-refractivity contribution is -0.160. The standard InChI is InChI=1S/C20H21NO4/c1-14(21)20(19(24)25,17(22)12-15-8-4-2-5-9-15)18(23)13-16-10-6-3-7-11-16/h2-11,14H,12-13,21H2,1H3,(H,24,25). The second-order valence-electron chi connectivity index (χ2n) is 6.07. The van der Waals surface area contributed by atoms with Gasteiger partial charge in [0.2, 0.25) is 0 Å². The fourth-order valence-corrected chi connectivity index (χ4v) is 2.94. The highest BCUT2D eigenvalue weighted by molar-refractivity contribution is 6.23. The van der Waals surface area contributed by atoms with Gasteiger partial charge in [-0.3, -0.25) is 14.4 Å². The van der Waals surface area contributed by atoms with Crippen LogP contribution in [0, 0.1) is 5.41 Å². The highest BCUT2D eigenvalue weighted by Crippen LogP contribution is 2.28. The minimum absolute atomic E-state index is 0.158. The second kappa shape index (κ2) is 7.85. The van der Waals surface area contributed by atoms with Crippen LogP contribution in [0.2, 0.25) is 0 Å². The molecular formula is C20H21NO4. The van der Waals surface area contributed by atoms with Crippen LogP contribution in [0.15, 0.2) is 60.7 Å². The number of ketones is 2. The zero-order valence-electron chi connectivity index (χ0n) is 14.0. The Balaban J connectivity index is 2.37. The monoisotopic (exact) mass is 339 g/mol. The third-order valence-corrected chi connectivity index (χ3v) is 4.32. The van der Waals surface area contributed by atoms with Crippen molar-refractivity contribution in [3.05, 3.63) is 71.8 Å². The minimum atomic E-state index is -2.26. The van der Waals surface area contributed by atoms with Gasteiger partial charge < -0.3 is 10.8 Å². The highest BCUT2D eigenvalue weighted by atomic mass is 16.4. The van der Waals surface area contributed by atoms with E-state index in [4.69, 9.17) is 5.73 Å². The van der Waals surface area contributed by atoms with Crippen LogP contribution in [0.5, 0.6) is 0 Å². The quantitative estimate of drug-likeness (QED) is 0.717. The summed E-state index contributed by atoms with van der Waals surface area (Å²) in [5.74, 6) is -2.88. The number of rotatable bonds is 8. The molecule has 1 atom stereocenters. The Kier molecular flexibility index (Phi) is 5.83. The van der Waals surface area contributed by atoms with E-state index in [-0.39, 0.29) is 12.8 Å². The first-order chi connectivity index (χ1) is 11.9. The molecule has 0 aromatic heterocycles. The number of carbonyl (C=O) groups excluding carboxylic acids is 2. The number of hydrogen-bond donors (Lipinski definition) is 2. The van der Waals surface area contributed by atoms with Gasteiger partial charge in [-0.2, -0.15) is 0 Å². The fourth-order valence-electron chi connectivity index (χ4n) is 2.94. The summed E-state index contributed by atoms with van der Waals surface area (Å²) in [6.07, 6.45) is -0.315. The lowest BCUT2D eigenvalue weighted by Crippen LogP contribution is -2.58. The highest BCUT2D eigenvalue weighted by Gasteiger charge is 2.54. The van der Waals surface area contributed by atoms with Gasteiger partial charge in [-0.25, -0.2) is 0 Å².